The van der Waals surface area contributed by atoms with E-state index in [1.165, 1.54) is 7.11 Å². The zero-order valence-corrected chi connectivity index (χ0v) is 10.4. The van der Waals surface area contributed by atoms with Gasteiger partial charge in [0.25, 0.3) is 0 Å². The standard InChI is InChI=1S/C11H14BrNO2/c1-11(13,10(14)15-2)7-8-3-5-9(12)6-4-8/h3-6H,7,13H2,1-2H3. The molecule has 1 unspecified atom stereocenters. The molecule has 0 aromatic heterocycles. The molecule has 1 aromatic rings. The molecule has 3 nitrogen and oxygen atoms in total. The fraction of sp³-hybridized carbons (Fsp3) is 0.364. The van der Waals surface area contributed by atoms with Crippen molar-refractivity contribution >= 4 is 21.9 Å². The van der Waals surface area contributed by atoms with Gasteiger partial charge in [-0.15, -0.1) is 0 Å². The van der Waals surface area contributed by atoms with Crippen LogP contribution in [0.3, 0.4) is 0 Å². The Morgan fingerprint density at radius 3 is 2.47 bits per heavy atom. The fourth-order valence-electron chi connectivity index (χ4n) is 1.33. The van der Waals surface area contributed by atoms with Crippen molar-refractivity contribution in [3.63, 3.8) is 0 Å². The number of methoxy groups -OCH3 is 1. The summed E-state index contributed by atoms with van der Waals surface area (Å²) in [5.74, 6) is -0.398. The maximum absolute atomic E-state index is 11.3. The molecule has 0 saturated heterocycles. The summed E-state index contributed by atoms with van der Waals surface area (Å²) in [6.45, 7) is 1.67. The van der Waals surface area contributed by atoms with Gasteiger partial charge in [0.1, 0.15) is 5.54 Å². The monoisotopic (exact) mass is 271 g/mol. The molecule has 15 heavy (non-hydrogen) atoms. The van der Waals surface area contributed by atoms with Crippen molar-refractivity contribution in [1.29, 1.82) is 0 Å². The van der Waals surface area contributed by atoms with E-state index in [4.69, 9.17) is 5.73 Å². The summed E-state index contributed by atoms with van der Waals surface area (Å²) in [5, 5.41) is 0. The third-order valence-corrected chi connectivity index (χ3v) is 2.66. The summed E-state index contributed by atoms with van der Waals surface area (Å²) >= 11 is 3.34. The van der Waals surface area contributed by atoms with Crippen LogP contribution >= 0.6 is 15.9 Å². The number of halogens is 1. The highest BCUT2D eigenvalue weighted by Crippen LogP contribution is 2.15. The van der Waals surface area contributed by atoms with Gasteiger partial charge in [-0.25, -0.2) is 0 Å². The number of nitrogens with two attached hydrogens (primary N) is 1. The minimum Gasteiger partial charge on any atom is -0.468 e. The first kappa shape index (κ1) is 12.2. The molecule has 82 valence electrons. The number of hydrogen-bond donors (Lipinski definition) is 1. The second-order valence-corrected chi connectivity index (χ2v) is 4.63. The Kier molecular flexibility index (Phi) is 3.88. The molecule has 0 aliphatic rings. The molecule has 0 fully saturated rings. The van der Waals surface area contributed by atoms with Gasteiger partial charge in [0.15, 0.2) is 0 Å². The van der Waals surface area contributed by atoms with Crippen molar-refractivity contribution in [2.24, 2.45) is 5.73 Å². The molecular formula is C11H14BrNO2. The topological polar surface area (TPSA) is 52.3 Å². The summed E-state index contributed by atoms with van der Waals surface area (Å²) in [7, 11) is 1.34. The molecule has 0 aliphatic heterocycles. The number of hydrogen-bond acceptors (Lipinski definition) is 3. The second kappa shape index (κ2) is 4.77. The number of rotatable bonds is 3. The highest BCUT2D eigenvalue weighted by molar-refractivity contribution is 9.10. The van der Waals surface area contributed by atoms with Crippen molar-refractivity contribution in [2.75, 3.05) is 7.11 Å². The third-order valence-electron chi connectivity index (χ3n) is 2.14. The van der Waals surface area contributed by atoms with Gasteiger partial charge in [-0.05, 0) is 24.6 Å². The van der Waals surface area contributed by atoms with Gasteiger partial charge in [-0.1, -0.05) is 28.1 Å². The predicted octanol–water partition coefficient (Wildman–Crippen LogP) is 1.88. The van der Waals surface area contributed by atoms with Gasteiger partial charge in [-0.3, -0.25) is 4.79 Å². The van der Waals surface area contributed by atoms with Gasteiger partial charge in [0.05, 0.1) is 7.11 Å². The smallest absolute Gasteiger partial charge is 0.325 e. The van der Waals surface area contributed by atoms with Gasteiger partial charge >= 0.3 is 5.97 Å². The summed E-state index contributed by atoms with van der Waals surface area (Å²) in [5.41, 5.74) is 5.89. The van der Waals surface area contributed by atoms with Crippen LogP contribution in [-0.2, 0) is 16.0 Å². The van der Waals surface area contributed by atoms with E-state index in [1.54, 1.807) is 6.92 Å². The van der Waals surface area contributed by atoms with Crippen LogP contribution in [0.2, 0.25) is 0 Å². The molecule has 0 amide bonds. The Hall–Kier alpha value is -0.870. The van der Waals surface area contributed by atoms with E-state index in [2.05, 4.69) is 20.7 Å². The van der Waals surface area contributed by atoms with E-state index in [9.17, 15) is 4.79 Å². The van der Waals surface area contributed by atoms with Gasteiger partial charge in [-0.2, -0.15) is 0 Å². The number of carbonyl (C=O) groups excluding carboxylic acids is 1. The zero-order valence-electron chi connectivity index (χ0n) is 8.79. The van der Waals surface area contributed by atoms with Crippen LogP contribution < -0.4 is 5.73 Å². The van der Waals surface area contributed by atoms with Crippen molar-refractivity contribution in [3.8, 4) is 0 Å². The highest BCUT2D eigenvalue weighted by atomic mass is 79.9. The lowest BCUT2D eigenvalue weighted by molar-refractivity contribution is -0.146. The Bertz CT molecular complexity index is 346. The highest BCUT2D eigenvalue weighted by Gasteiger charge is 2.29. The van der Waals surface area contributed by atoms with Crippen LogP contribution in [0.4, 0.5) is 0 Å². The van der Waals surface area contributed by atoms with Crippen LogP contribution in [-0.4, -0.2) is 18.6 Å². The number of benzene rings is 1. The SMILES string of the molecule is COC(=O)C(C)(N)Cc1ccc(Br)cc1. The molecule has 0 saturated carbocycles. The molecule has 0 spiro atoms. The summed E-state index contributed by atoms with van der Waals surface area (Å²) < 4.78 is 5.64. The predicted molar refractivity (Wildman–Crippen MR) is 62.5 cm³/mol. The molecule has 1 aromatic carbocycles. The Labute approximate surface area is 97.7 Å². The summed E-state index contributed by atoms with van der Waals surface area (Å²) in [6.07, 6.45) is 0.465. The normalized spacial score (nSPS) is 14.4. The van der Waals surface area contributed by atoms with Crippen LogP contribution in [0.1, 0.15) is 12.5 Å². The van der Waals surface area contributed by atoms with Gasteiger partial charge < -0.3 is 10.5 Å². The average Bonchev–Trinajstić information content (AvgIpc) is 2.20. The van der Waals surface area contributed by atoms with Crippen molar-refractivity contribution in [2.45, 2.75) is 18.9 Å². The number of ether oxygens (including phenoxy) is 1. The molecule has 1 atom stereocenters. The second-order valence-electron chi connectivity index (χ2n) is 3.71. The first-order chi connectivity index (χ1) is 6.95. The van der Waals surface area contributed by atoms with Crippen LogP contribution in [0.15, 0.2) is 28.7 Å². The van der Waals surface area contributed by atoms with E-state index in [1.807, 2.05) is 24.3 Å². The quantitative estimate of drug-likeness (QED) is 0.855. The van der Waals surface area contributed by atoms with E-state index in [0.29, 0.717) is 6.42 Å². The first-order valence-corrected chi connectivity index (χ1v) is 5.37. The maximum atomic E-state index is 11.3. The van der Waals surface area contributed by atoms with Gasteiger partial charge in [0, 0.05) is 10.9 Å². The lowest BCUT2D eigenvalue weighted by atomic mass is 9.94. The minimum absolute atomic E-state index is 0.398. The summed E-state index contributed by atoms with van der Waals surface area (Å²) in [6, 6.07) is 7.70. The molecule has 0 radical (unpaired) electrons. The number of carbonyl (C=O) groups is 1. The molecular weight excluding hydrogens is 258 g/mol. The van der Waals surface area contributed by atoms with E-state index >= 15 is 0 Å². The number of esters is 1. The van der Waals surface area contributed by atoms with E-state index in [-0.39, 0.29) is 0 Å². The molecule has 2 N–H and O–H groups in total. The van der Waals surface area contributed by atoms with E-state index < -0.39 is 11.5 Å². The lowest BCUT2D eigenvalue weighted by Gasteiger charge is -2.21. The van der Waals surface area contributed by atoms with E-state index in [0.717, 1.165) is 10.0 Å². The van der Waals surface area contributed by atoms with Crippen LogP contribution in [0.5, 0.6) is 0 Å². The minimum atomic E-state index is -0.970. The van der Waals surface area contributed by atoms with Crippen LogP contribution in [0, 0.1) is 0 Å². The Balaban J connectivity index is 2.77. The van der Waals surface area contributed by atoms with Crippen LogP contribution in [0.25, 0.3) is 0 Å². The lowest BCUT2D eigenvalue weighted by Crippen LogP contribution is -2.47. The molecule has 4 heteroatoms. The molecule has 0 aliphatic carbocycles. The largest absolute Gasteiger partial charge is 0.468 e. The molecule has 0 heterocycles. The first-order valence-electron chi connectivity index (χ1n) is 4.57. The summed E-state index contributed by atoms with van der Waals surface area (Å²) in [4.78, 5) is 11.3. The maximum Gasteiger partial charge on any atom is 0.325 e. The Morgan fingerprint density at radius 2 is 2.00 bits per heavy atom. The van der Waals surface area contributed by atoms with Gasteiger partial charge in [0.2, 0.25) is 0 Å². The zero-order chi connectivity index (χ0) is 11.5. The molecule has 1 rings (SSSR count). The van der Waals surface area contributed by atoms with Crippen molar-refractivity contribution in [3.05, 3.63) is 34.3 Å². The van der Waals surface area contributed by atoms with Crippen molar-refractivity contribution < 1.29 is 9.53 Å². The fourth-order valence-corrected chi connectivity index (χ4v) is 1.60. The molecule has 0 bridgehead atoms. The third kappa shape index (κ3) is 3.32. The Morgan fingerprint density at radius 1 is 1.47 bits per heavy atom. The van der Waals surface area contributed by atoms with Crippen molar-refractivity contribution in [1.82, 2.24) is 0 Å². The average molecular weight is 272 g/mol.